The molecule has 2 heterocycles. The summed E-state index contributed by atoms with van der Waals surface area (Å²) in [7, 11) is 0. The quantitative estimate of drug-likeness (QED) is 0.806. The number of nitrogens with two attached hydrogens (primary N) is 1. The van der Waals surface area contributed by atoms with Crippen LogP contribution in [-0.4, -0.2) is 46.9 Å². The third kappa shape index (κ3) is 2.58. The first-order valence-electron chi connectivity index (χ1n) is 5.92. The van der Waals surface area contributed by atoms with Crippen LogP contribution in [0.25, 0.3) is 0 Å². The van der Waals surface area contributed by atoms with Gasteiger partial charge in [0, 0.05) is 32.4 Å². The highest BCUT2D eigenvalue weighted by Gasteiger charge is 2.22. The maximum Gasteiger partial charge on any atom is 0.276 e. The summed E-state index contributed by atoms with van der Waals surface area (Å²) < 4.78 is 6.99. The molecule has 6 nitrogen and oxygen atoms in total. The average Bonchev–Trinajstić information content (AvgIpc) is 2.56. The maximum absolute atomic E-state index is 12.2. The van der Waals surface area contributed by atoms with Crippen molar-refractivity contribution in [3.63, 3.8) is 0 Å². The number of anilines is 1. The van der Waals surface area contributed by atoms with Gasteiger partial charge < -0.3 is 15.4 Å². The summed E-state index contributed by atoms with van der Waals surface area (Å²) in [6.07, 6.45) is 2.56. The summed E-state index contributed by atoms with van der Waals surface area (Å²) in [4.78, 5) is 14.0. The lowest BCUT2D eigenvalue weighted by Crippen LogP contribution is -2.34. The van der Waals surface area contributed by atoms with Gasteiger partial charge in [0.1, 0.15) is 0 Å². The number of carbonyl (C=O) groups is 1. The van der Waals surface area contributed by atoms with E-state index in [4.69, 9.17) is 10.5 Å². The van der Waals surface area contributed by atoms with E-state index in [0.717, 1.165) is 6.42 Å². The van der Waals surface area contributed by atoms with Crippen LogP contribution in [0.4, 0.5) is 5.69 Å². The van der Waals surface area contributed by atoms with E-state index in [0.29, 0.717) is 44.2 Å². The number of aryl methyl sites for hydroxylation is 1. The minimum absolute atomic E-state index is 0.0970. The van der Waals surface area contributed by atoms with Crippen molar-refractivity contribution in [2.75, 3.05) is 32.0 Å². The van der Waals surface area contributed by atoms with Crippen LogP contribution < -0.4 is 5.73 Å². The molecule has 1 aromatic heterocycles. The predicted octanol–water partition coefficient (Wildman–Crippen LogP) is 0.348. The predicted molar refractivity (Wildman–Crippen MR) is 63.7 cm³/mol. The minimum atomic E-state index is -0.0970. The smallest absolute Gasteiger partial charge is 0.276 e. The van der Waals surface area contributed by atoms with E-state index in [9.17, 15) is 4.79 Å². The van der Waals surface area contributed by atoms with Crippen molar-refractivity contribution in [3.8, 4) is 0 Å². The lowest BCUT2D eigenvalue weighted by atomic mass is 10.3. The van der Waals surface area contributed by atoms with Gasteiger partial charge in [0.2, 0.25) is 0 Å². The van der Waals surface area contributed by atoms with Crippen molar-refractivity contribution in [3.05, 3.63) is 11.9 Å². The van der Waals surface area contributed by atoms with E-state index >= 15 is 0 Å². The Labute approximate surface area is 100 Å². The Balaban J connectivity index is 2.14. The highest BCUT2D eigenvalue weighted by atomic mass is 16.5. The van der Waals surface area contributed by atoms with Crippen molar-refractivity contribution in [2.24, 2.45) is 0 Å². The van der Waals surface area contributed by atoms with Crippen LogP contribution in [0.5, 0.6) is 0 Å². The van der Waals surface area contributed by atoms with E-state index in [1.165, 1.54) is 0 Å². The van der Waals surface area contributed by atoms with E-state index in [1.54, 1.807) is 15.8 Å². The molecule has 0 atom stereocenters. The van der Waals surface area contributed by atoms with Gasteiger partial charge >= 0.3 is 0 Å². The lowest BCUT2D eigenvalue weighted by Gasteiger charge is -2.18. The highest BCUT2D eigenvalue weighted by Crippen LogP contribution is 2.13. The van der Waals surface area contributed by atoms with Gasteiger partial charge in [0.15, 0.2) is 5.69 Å². The first-order chi connectivity index (χ1) is 8.22. The van der Waals surface area contributed by atoms with Crippen LogP contribution >= 0.6 is 0 Å². The first kappa shape index (κ1) is 11.9. The second-order valence-corrected chi connectivity index (χ2v) is 4.05. The van der Waals surface area contributed by atoms with Gasteiger partial charge in [-0.05, 0) is 13.3 Å². The molecule has 1 aromatic rings. The fourth-order valence-electron chi connectivity index (χ4n) is 1.86. The van der Waals surface area contributed by atoms with Gasteiger partial charge in [0.25, 0.3) is 5.91 Å². The summed E-state index contributed by atoms with van der Waals surface area (Å²) in [5, 5.41) is 4.19. The molecule has 0 radical (unpaired) electrons. The molecule has 17 heavy (non-hydrogen) atoms. The number of hydrogen-bond acceptors (Lipinski definition) is 4. The molecule has 94 valence electrons. The van der Waals surface area contributed by atoms with Crippen molar-refractivity contribution >= 4 is 11.6 Å². The molecule has 0 aliphatic carbocycles. The second kappa shape index (κ2) is 5.18. The molecular formula is C11H18N4O2. The molecule has 2 rings (SSSR count). The highest BCUT2D eigenvalue weighted by molar-refractivity contribution is 5.97. The topological polar surface area (TPSA) is 73.4 Å². The number of ether oxygens (including phenoxy) is 1. The molecule has 1 aliphatic heterocycles. The molecule has 0 aromatic carbocycles. The molecule has 1 fully saturated rings. The van der Waals surface area contributed by atoms with Crippen LogP contribution in [0, 0.1) is 0 Å². The number of rotatable bonds is 2. The molecule has 6 heteroatoms. The van der Waals surface area contributed by atoms with Crippen LogP contribution in [0.15, 0.2) is 6.20 Å². The van der Waals surface area contributed by atoms with Crippen LogP contribution in [0.1, 0.15) is 23.8 Å². The number of nitrogens with zero attached hydrogens (tertiary/aromatic N) is 3. The summed E-state index contributed by atoms with van der Waals surface area (Å²) in [5.74, 6) is -0.0970. The Bertz CT molecular complexity index is 394. The zero-order valence-electron chi connectivity index (χ0n) is 10.1. The standard InChI is InChI=1S/C11H18N4O2/c1-2-15-8-9(12)10(13-15)11(16)14-4-3-6-17-7-5-14/h8H,2-7,12H2,1H3. The molecule has 0 unspecified atom stereocenters. The second-order valence-electron chi connectivity index (χ2n) is 4.05. The average molecular weight is 238 g/mol. The van der Waals surface area contributed by atoms with E-state index in [-0.39, 0.29) is 5.91 Å². The molecular weight excluding hydrogens is 220 g/mol. The number of amides is 1. The lowest BCUT2D eigenvalue weighted by molar-refractivity contribution is 0.0735. The third-order valence-corrected chi connectivity index (χ3v) is 2.83. The van der Waals surface area contributed by atoms with Gasteiger partial charge in [-0.3, -0.25) is 9.48 Å². The summed E-state index contributed by atoms with van der Waals surface area (Å²) in [5.41, 5.74) is 6.60. The number of aromatic nitrogens is 2. The zero-order chi connectivity index (χ0) is 12.3. The molecule has 0 bridgehead atoms. The Kier molecular flexibility index (Phi) is 3.63. The largest absolute Gasteiger partial charge is 0.396 e. The Morgan fingerprint density at radius 1 is 1.53 bits per heavy atom. The maximum atomic E-state index is 12.2. The van der Waals surface area contributed by atoms with Crippen molar-refractivity contribution in [1.82, 2.24) is 14.7 Å². The fraction of sp³-hybridized carbons (Fsp3) is 0.636. The van der Waals surface area contributed by atoms with Crippen molar-refractivity contribution in [2.45, 2.75) is 19.9 Å². The third-order valence-electron chi connectivity index (χ3n) is 2.83. The normalized spacial score (nSPS) is 16.9. The Morgan fingerprint density at radius 3 is 3.06 bits per heavy atom. The van der Waals surface area contributed by atoms with E-state index in [1.807, 2.05) is 6.92 Å². The monoisotopic (exact) mass is 238 g/mol. The van der Waals surface area contributed by atoms with E-state index in [2.05, 4.69) is 5.10 Å². The summed E-state index contributed by atoms with van der Waals surface area (Å²) >= 11 is 0. The SMILES string of the molecule is CCn1cc(N)c(C(=O)N2CCCOCC2)n1. The van der Waals surface area contributed by atoms with Gasteiger partial charge in [0.05, 0.1) is 12.3 Å². The van der Waals surface area contributed by atoms with Gasteiger partial charge in [-0.2, -0.15) is 5.10 Å². The van der Waals surface area contributed by atoms with Crippen LogP contribution in [-0.2, 0) is 11.3 Å². The molecule has 1 amide bonds. The number of carbonyl (C=O) groups excluding carboxylic acids is 1. The van der Waals surface area contributed by atoms with Gasteiger partial charge in [-0.1, -0.05) is 0 Å². The molecule has 0 spiro atoms. The van der Waals surface area contributed by atoms with Gasteiger partial charge in [-0.25, -0.2) is 0 Å². The van der Waals surface area contributed by atoms with Crippen molar-refractivity contribution < 1.29 is 9.53 Å². The molecule has 1 aliphatic rings. The zero-order valence-corrected chi connectivity index (χ0v) is 10.1. The Hall–Kier alpha value is -1.56. The summed E-state index contributed by atoms with van der Waals surface area (Å²) in [6.45, 7) is 5.28. The van der Waals surface area contributed by atoms with E-state index < -0.39 is 0 Å². The van der Waals surface area contributed by atoms with Crippen LogP contribution in [0.2, 0.25) is 0 Å². The van der Waals surface area contributed by atoms with Crippen LogP contribution in [0.3, 0.4) is 0 Å². The first-order valence-corrected chi connectivity index (χ1v) is 5.92. The van der Waals surface area contributed by atoms with Gasteiger partial charge in [-0.15, -0.1) is 0 Å². The minimum Gasteiger partial charge on any atom is -0.396 e. The fourth-order valence-corrected chi connectivity index (χ4v) is 1.86. The molecule has 0 saturated carbocycles. The molecule has 2 N–H and O–H groups in total. The number of hydrogen-bond donors (Lipinski definition) is 1. The van der Waals surface area contributed by atoms with Crippen molar-refractivity contribution in [1.29, 1.82) is 0 Å². The Morgan fingerprint density at radius 2 is 2.35 bits per heavy atom. The number of nitrogen functional groups attached to an aromatic ring is 1. The molecule has 1 saturated heterocycles. The summed E-state index contributed by atoms with van der Waals surface area (Å²) in [6, 6.07) is 0.